The Bertz CT molecular complexity index is 802. The second-order valence-corrected chi connectivity index (χ2v) is 6.92. The van der Waals surface area contributed by atoms with Gasteiger partial charge in [-0.05, 0) is 12.1 Å². The number of nitro benzene ring substituents is 1. The summed E-state index contributed by atoms with van der Waals surface area (Å²) in [5.74, 6) is -4.09. The fourth-order valence-corrected chi connectivity index (χ4v) is 3.21. The Kier molecular flexibility index (Phi) is 7.86. The summed E-state index contributed by atoms with van der Waals surface area (Å²) < 4.78 is 16.0. The van der Waals surface area contributed by atoms with Crippen LogP contribution in [0.4, 0.5) is 5.69 Å². The fraction of sp³-hybridized carbons (Fsp3) is 0.556. The van der Waals surface area contributed by atoms with E-state index in [0.717, 1.165) is 26.2 Å². The largest absolute Gasteiger partial charge is 0.464 e. The summed E-state index contributed by atoms with van der Waals surface area (Å²) in [4.78, 5) is 34.3. The molecule has 13 heteroatoms. The number of rotatable bonds is 8. The van der Waals surface area contributed by atoms with Crippen LogP contribution in [0.15, 0.2) is 24.3 Å². The summed E-state index contributed by atoms with van der Waals surface area (Å²) in [6, 6.07) is 3.33. The number of ether oxygens (including phenoxy) is 3. The van der Waals surface area contributed by atoms with E-state index < -0.39 is 66.1 Å². The molecule has 0 saturated carbocycles. The monoisotopic (exact) mass is 444 g/mol. The zero-order valence-corrected chi connectivity index (χ0v) is 16.7. The van der Waals surface area contributed by atoms with E-state index in [0.29, 0.717) is 0 Å². The molecule has 31 heavy (non-hydrogen) atoms. The van der Waals surface area contributed by atoms with Crippen molar-refractivity contribution < 1.29 is 49.1 Å². The van der Waals surface area contributed by atoms with Crippen molar-refractivity contribution in [2.24, 2.45) is 0 Å². The molecule has 6 atom stereocenters. The van der Waals surface area contributed by atoms with Crippen molar-refractivity contribution >= 4 is 17.6 Å². The van der Waals surface area contributed by atoms with Crippen molar-refractivity contribution in [2.75, 3.05) is 13.7 Å². The third kappa shape index (κ3) is 5.45. The summed E-state index contributed by atoms with van der Waals surface area (Å²) in [7, 11) is 1.02. The van der Waals surface area contributed by atoms with Crippen LogP contribution < -0.4 is 10.1 Å². The van der Waals surface area contributed by atoms with Crippen molar-refractivity contribution in [3.05, 3.63) is 34.4 Å². The fourth-order valence-electron chi connectivity index (χ4n) is 3.21. The number of non-ortho nitro benzene ring substituents is 1. The minimum atomic E-state index is -2.33. The third-order valence-corrected chi connectivity index (χ3v) is 4.69. The molecule has 0 aliphatic carbocycles. The molecule has 1 amide bonds. The molecule has 1 aromatic carbocycles. The van der Waals surface area contributed by atoms with Gasteiger partial charge < -0.3 is 40.0 Å². The van der Waals surface area contributed by atoms with Crippen molar-refractivity contribution in [3.8, 4) is 5.75 Å². The van der Waals surface area contributed by atoms with Gasteiger partial charge in [-0.15, -0.1) is 0 Å². The van der Waals surface area contributed by atoms with Gasteiger partial charge in [0.25, 0.3) is 5.69 Å². The van der Waals surface area contributed by atoms with Gasteiger partial charge >= 0.3 is 11.8 Å². The van der Waals surface area contributed by atoms with Crippen LogP contribution in [0.3, 0.4) is 0 Å². The molecule has 1 heterocycles. The Morgan fingerprint density at radius 2 is 1.97 bits per heavy atom. The van der Waals surface area contributed by atoms with E-state index in [9.17, 15) is 35.0 Å². The Morgan fingerprint density at radius 1 is 1.35 bits per heavy atom. The van der Waals surface area contributed by atoms with Crippen molar-refractivity contribution in [2.45, 2.75) is 49.6 Å². The molecule has 1 aromatic rings. The second kappa shape index (κ2) is 9.98. The number of nitro groups is 1. The zero-order valence-electron chi connectivity index (χ0n) is 16.7. The van der Waals surface area contributed by atoms with Gasteiger partial charge in [-0.1, -0.05) is 0 Å². The molecule has 0 radical (unpaired) electrons. The van der Waals surface area contributed by atoms with Crippen molar-refractivity contribution in [3.63, 3.8) is 0 Å². The number of benzene rings is 1. The molecule has 1 fully saturated rings. The highest BCUT2D eigenvalue weighted by atomic mass is 16.7. The predicted molar refractivity (Wildman–Crippen MR) is 101 cm³/mol. The van der Waals surface area contributed by atoms with Gasteiger partial charge in [-0.2, -0.15) is 0 Å². The average Bonchev–Trinajstić information content (AvgIpc) is 2.73. The number of carbonyl (C=O) groups excluding carboxylic acids is 2. The molecular formula is C18H24N2O11. The first-order valence-corrected chi connectivity index (χ1v) is 9.16. The summed E-state index contributed by atoms with van der Waals surface area (Å²) in [5, 5.41) is 53.3. The molecule has 0 aromatic heterocycles. The second-order valence-electron chi connectivity index (χ2n) is 6.92. The molecule has 1 aliphatic heterocycles. The number of aliphatic hydroxyl groups is 4. The lowest BCUT2D eigenvalue weighted by atomic mass is 9.88. The normalized spacial score (nSPS) is 27.6. The van der Waals surface area contributed by atoms with Crippen LogP contribution in [-0.2, 0) is 19.1 Å². The molecule has 5 N–H and O–H groups in total. The lowest BCUT2D eigenvalue weighted by Gasteiger charge is -2.46. The van der Waals surface area contributed by atoms with Gasteiger partial charge in [0.1, 0.15) is 24.1 Å². The number of esters is 1. The van der Waals surface area contributed by atoms with Crippen LogP contribution in [0.1, 0.15) is 13.3 Å². The lowest BCUT2D eigenvalue weighted by molar-refractivity contribution is -0.384. The lowest BCUT2D eigenvalue weighted by Crippen LogP contribution is -2.68. The van der Waals surface area contributed by atoms with Gasteiger partial charge in [0.15, 0.2) is 0 Å². The molecule has 0 spiro atoms. The molecule has 13 nitrogen and oxygen atoms in total. The number of nitrogens with zero attached hydrogens (tertiary/aromatic N) is 1. The number of methoxy groups -OCH3 is 1. The highest BCUT2D eigenvalue weighted by molar-refractivity contribution is 5.79. The van der Waals surface area contributed by atoms with Gasteiger partial charge in [-0.3, -0.25) is 14.9 Å². The molecule has 1 aliphatic rings. The van der Waals surface area contributed by atoms with Crippen LogP contribution in [0.5, 0.6) is 5.75 Å². The summed E-state index contributed by atoms with van der Waals surface area (Å²) in [6.45, 7) is 0.270. The highest BCUT2D eigenvalue weighted by Gasteiger charge is 2.57. The van der Waals surface area contributed by atoms with E-state index in [1.807, 2.05) is 0 Å². The first kappa shape index (κ1) is 24.4. The Hall–Kier alpha value is -2.84. The summed E-state index contributed by atoms with van der Waals surface area (Å²) >= 11 is 0. The van der Waals surface area contributed by atoms with E-state index in [1.165, 1.54) is 12.1 Å². The van der Waals surface area contributed by atoms with Crippen LogP contribution in [0, 0.1) is 10.1 Å². The van der Waals surface area contributed by atoms with Crippen LogP contribution in [-0.4, -0.2) is 87.2 Å². The summed E-state index contributed by atoms with van der Waals surface area (Å²) in [6.07, 6.45) is -7.25. The number of carbonyl (C=O) groups is 2. The number of hydrogen-bond acceptors (Lipinski definition) is 11. The van der Waals surface area contributed by atoms with Crippen LogP contribution in [0.2, 0.25) is 0 Å². The number of amides is 1. The first-order valence-electron chi connectivity index (χ1n) is 9.16. The molecular weight excluding hydrogens is 420 g/mol. The van der Waals surface area contributed by atoms with Gasteiger partial charge in [0.2, 0.25) is 5.91 Å². The number of nitrogens with one attached hydrogen (secondary N) is 1. The van der Waals surface area contributed by atoms with Gasteiger partial charge in [0, 0.05) is 19.1 Å². The third-order valence-electron chi connectivity index (χ3n) is 4.69. The SMILES string of the molecule is COC(=O)C1(Oc2ccc([N+](=O)[O-])cc2)CC(O)C(NC(C)=O)C(C(O)C(O)CO)O1. The predicted octanol–water partition coefficient (Wildman–Crippen LogP) is -1.79. The Labute approximate surface area is 176 Å². The van der Waals surface area contributed by atoms with E-state index in [4.69, 9.17) is 19.3 Å². The van der Waals surface area contributed by atoms with Gasteiger partial charge in [0.05, 0.1) is 37.2 Å². The molecule has 6 unspecified atom stereocenters. The minimum Gasteiger partial charge on any atom is -0.464 e. The van der Waals surface area contributed by atoms with E-state index in [-0.39, 0.29) is 11.4 Å². The summed E-state index contributed by atoms with van der Waals surface area (Å²) in [5.41, 5.74) is -0.242. The maximum absolute atomic E-state index is 12.6. The Morgan fingerprint density at radius 3 is 2.45 bits per heavy atom. The maximum atomic E-state index is 12.6. The minimum absolute atomic E-state index is 0.0582. The van der Waals surface area contributed by atoms with E-state index >= 15 is 0 Å². The maximum Gasteiger partial charge on any atom is 0.379 e. The smallest absolute Gasteiger partial charge is 0.379 e. The number of aliphatic hydroxyl groups excluding tert-OH is 4. The van der Waals surface area contributed by atoms with E-state index in [1.54, 1.807) is 0 Å². The average molecular weight is 444 g/mol. The molecule has 0 bridgehead atoms. The molecule has 1 saturated heterocycles. The van der Waals surface area contributed by atoms with E-state index in [2.05, 4.69) is 5.32 Å². The van der Waals surface area contributed by atoms with Crippen molar-refractivity contribution in [1.82, 2.24) is 5.32 Å². The quantitative estimate of drug-likeness (QED) is 0.172. The van der Waals surface area contributed by atoms with Crippen LogP contribution in [0.25, 0.3) is 0 Å². The molecule has 172 valence electrons. The topological polar surface area (TPSA) is 198 Å². The zero-order chi connectivity index (χ0) is 23.3. The van der Waals surface area contributed by atoms with Crippen molar-refractivity contribution in [1.29, 1.82) is 0 Å². The standard InChI is InChI=1S/C18H24N2O11/c1-9(22)19-14-12(23)7-18(17(26)29-2,31-16(14)15(25)13(24)8-21)30-11-5-3-10(4-6-11)20(27)28/h3-6,12-16,21,23-25H,7-8H2,1-2H3,(H,19,22). The Balaban J connectivity index is 2.44. The van der Waals surface area contributed by atoms with Gasteiger partial charge in [-0.25, -0.2) is 4.79 Å². The first-order chi connectivity index (χ1) is 14.5. The molecule has 2 rings (SSSR count). The highest BCUT2D eigenvalue weighted by Crippen LogP contribution is 2.35. The van der Waals surface area contributed by atoms with Crippen LogP contribution >= 0.6 is 0 Å². The number of hydrogen-bond donors (Lipinski definition) is 5.